The number of halogens is 2. The van der Waals surface area contributed by atoms with Gasteiger partial charge in [0, 0.05) is 18.8 Å². The molecule has 120 valence electrons. The molecular formula is C15H12ClFN2O4. The van der Waals surface area contributed by atoms with E-state index in [-0.39, 0.29) is 16.5 Å². The van der Waals surface area contributed by atoms with Crippen LogP contribution in [0.3, 0.4) is 0 Å². The van der Waals surface area contributed by atoms with Gasteiger partial charge >= 0.3 is 12.2 Å². The summed E-state index contributed by atoms with van der Waals surface area (Å²) < 4.78 is 18.3. The summed E-state index contributed by atoms with van der Waals surface area (Å²) in [6.07, 6.45) is -2.00. The highest BCUT2D eigenvalue weighted by Crippen LogP contribution is 2.22. The predicted molar refractivity (Wildman–Crippen MR) is 83.9 cm³/mol. The third-order valence-corrected chi connectivity index (χ3v) is 3.17. The summed E-state index contributed by atoms with van der Waals surface area (Å²) in [5.41, 5.74) is 0.510. The molecule has 0 aliphatic carbocycles. The Morgan fingerprint density at radius 2 is 2.00 bits per heavy atom. The quantitative estimate of drug-likeness (QED) is 0.878. The van der Waals surface area contributed by atoms with Crippen LogP contribution >= 0.6 is 11.6 Å². The van der Waals surface area contributed by atoms with E-state index in [1.54, 1.807) is 12.1 Å². The van der Waals surface area contributed by atoms with Crippen molar-refractivity contribution in [3.8, 4) is 5.75 Å². The number of hydrogen-bond acceptors (Lipinski definition) is 3. The number of carbonyl (C=O) groups is 2. The van der Waals surface area contributed by atoms with Crippen molar-refractivity contribution in [2.24, 2.45) is 0 Å². The van der Waals surface area contributed by atoms with E-state index in [0.29, 0.717) is 5.69 Å². The second-order valence-corrected chi connectivity index (χ2v) is 4.89. The molecule has 0 spiro atoms. The lowest BCUT2D eigenvalue weighted by molar-refractivity contribution is 0.203. The minimum absolute atomic E-state index is 0.0617. The molecule has 23 heavy (non-hydrogen) atoms. The van der Waals surface area contributed by atoms with E-state index < -0.39 is 18.0 Å². The molecule has 2 aromatic carbocycles. The van der Waals surface area contributed by atoms with Gasteiger partial charge in [-0.15, -0.1) is 0 Å². The van der Waals surface area contributed by atoms with Crippen molar-refractivity contribution in [1.82, 2.24) is 0 Å². The maximum Gasteiger partial charge on any atom is 0.417 e. The molecule has 2 aromatic rings. The van der Waals surface area contributed by atoms with Crippen LogP contribution < -0.4 is 15.0 Å². The normalized spacial score (nSPS) is 10.0. The van der Waals surface area contributed by atoms with Gasteiger partial charge in [-0.25, -0.2) is 14.0 Å². The third-order valence-electron chi connectivity index (χ3n) is 2.87. The molecule has 0 fully saturated rings. The van der Waals surface area contributed by atoms with Crippen LogP contribution in [0.15, 0.2) is 42.5 Å². The number of nitrogens with zero attached hydrogens (tertiary/aromatic N) is 1. The molecule has 0 heterocycles. The minimum Gasteiger partial charge on any atom is -0.465 e. The zero-order chi connectivity index (χ0) is 17.0. The minimum atomic E-state index is -1.15. The Labute approximate surface area is 136 Å². The van der Waals surface area contributed by atoms with Gasteiger partial charge in [-0.05, 0) is 30.3 Å². The molecule has 2 amide bonds. The van der Waals surface area contributed by atoms with E-state index in [4.69, 9.17) is 21.4 Å². The maximum absolute atomic E-state index is 13.3. The van der Waals surface area contributed by atoms with E-state index >= 15 is 0 Å². The van der Waals surface area contributed by atoms with Crippen molar-refractivity contribution in [3.63, 3.8) is 0 Å². The molecule has 0 saturated heterocycles. The Balaban J connectivity index is 2.06. The standard InChI is InChI=1S/C15H12ClFN2O4/c1-19(15(21)22)10-3-2-4-11(8-10)23-14(20)18-9-5-6-12(16)13(17)7-9/h2-8H,1H3,(H,18,20)(H,21,22). The molecule has 0 aromatic heterocycles. The maximum atomic E-state index is 13.3. The second-order valence-electron chi connectivity index (χ2n) is 4.48. The van der Waals surface area contributed by atoms with Crippen LogP contribution in [-0.4, -0.2) is 24.3 Å². The lowest BCUT2D eigenvalue weighted by Gasteiger charge is -2.14. The molecule has 0 atom stereocenters. The number of rotatable bonds is 3. The zero-order valence-electron chi connectivity index (χ0n) is 11.9. The van der Waals surface area contributed by atoms with Crippen molar-refractivity contribution >= 4 is 35.2 Å². The Hall–Kier alpha value is -2.80. The second kappa shape index (κ2) is 6.97. The summed E-state index contributed by atoms with van der Waals surface area (Å²) >= 11 is 5.55. The van der Waals surface area contributed by atoms with Gasteiger partial charge in [-0.1, -0.05) is 17.7 Å². The summed E-state index contributed by atoms with van der Waals surface area (Å²) in [6, 6.07) is 9.73. The number of benzene rings is 2. The Morgan fingerprint density at radius 3 is 2.65 bits per heavy atom. The summed E-state index contributed by atoms with van der Waals surface area (Å²) in [7, 11) is 1.36. The fraction of sp³-hybridized carbons (Fsp3) is 0.0667. The molecule has 8 heteroatoms. The van der Waals surface area contributed by atoms with Crippen LogP contribution in [0.5, 0.6) is 5.75 Å². The lowest BCUT2D eigenvalue weighted by atomic mass is 10.3. The molecule has 2 rings (SSSR count). The number of carboxylic acid groups (broad SMARTS) is 1. The highest BCUT2D eigenvalue weighted by atomic mass is 35.5. The first kappa shape index (κ1) is 16.6. The summed E-state index contributed by atoms with van der Waals surface area (Å²) in [4.78, 5) is 23.6. The Bertz CT molecular complexity index is 754. The van der Waals surface area contributed by atoms with E-state index in [9.17, 15) is 14.0 Å². The van der Waals surface area contributed by atoms with E-state index in [0.717, 1.165) is 11.0 Å². The van der Waals surface area contributed by atoms with Crippen LogP contribution in [0.2, 0.25) is 5.02 Å². The Kier molecular flexibility index (Phi) is 5.02. The Morgan fingerprint density at radius 1 is 1.26 bits per heavy atom. The monoisotopic (exact) mass is 338 g/mol. The first-order valence-electron chi connectivity index (χ1n) is 6.37. The van der Waals surface area contributed by atoms with Crippen LogP contribution in [-0.2, 0) is 0 Å². The van der Waals surface area contributed by atoms with Crippen LogP contribution in [0, 0.1) is 5.82 Å². The average Bonchev–Trinajstić information content (AvgIpc) is 2.50. The highest BCUT2D eigenvalue weighted by molar-refractivity contribution is 6.30. The van der Waals surface area contributed by atoms with Crippen molar-refractivity contribution in [3.05, 3.63) is 53.3 Å². The predicted octanol–water partition coefficient (Wildman–Crippen LogP) is 4.20. The first-order chi connectivity index (χ1) is 10.9. The summed E-state index contributed by atoms with van der Waals surface area (Å²) in [5.74, 6) is -0.530. The molecule has 0 radical (unpaired) electrons. The molecule has 2 N–H and O–H groups in total. The summed E-state index contributed by atoms with van der Waals surface area (Å²) in [6.45, 7) is 0. The van der Waals surface area contributed by atoms with Gasteiger partial charge in [0.1, 0.15) is 11.6 Å². The van der Waals surface area contributed by atoms with E-state index in [1.165, 1.54) is 31.3 Å². The van der Waals surface area contributed by atoms with Crippen LogP contribution in [0.4, 0.5) is 25.4 Å². The highest BCUT2D eigenvalue weighted by Gasteiger charge is 2.11. The fourth-order valence-corrected chi connectivity index (χ4v) is 1.81. The lowest BCUT2D eigenvalue weighted by Crippen LogP contribution is -2.23. The number of ether oxygens (including phenoxy) is 1. The van der Waals surface area contributed by atoms with Gasteiger partial charge in [-0.2, -0.15) is 0 Å². The number of hydrogen-bond donors (Lipinski definition) is 2. The van der Waals surface area contributed by atoms with Gasteiger partial charge in [0.2, 0.25) is 0 Å². The smallest absolute Gasteiger partial charge is 0.417 e. The van der Waals surface area contributed by atoms with Crippen LogP contribution in [0.25, 0.3) is 0 Å². The molecule has 0 aliphatic heterocycles. The average molecular weight is 339 g/mol. The van der Waals surface area contributed by atoms with Gasteiger partial charge in [-0.3, -0.25) is 10.2 Å². The molecule has 0 aliphatic rings. The molecule has 0 saturated carbocycles. The summed E-state index contributed by atoms with van der Waals surface area (Å²) in [5, 5.41) is 11.2. The number of anilines is 2. The SMILES string of the molecule is CN(C(=O)O)c1cccc(OC(=O)Nc2ccc(Cl)c(F)c2)c1. The molecule has 0 bridgehead atoms. The number of carbonyl (C=O) groups excluding carboxylic acids is 1. The first-order valence-corrected chi connectivity index (χ1v) is 6.75. The molecular weight excluding hydrogens is 327 g/mol. The largest absolute Gasteiger partial charge is 0.465 e. The van der Waals surface area contributed by atoms with Crippen molar-refractivity contribution in [1.29, 1.82) is 0 Å². The molecule has 6 nitrogen and oxygen atoms in total. The van der Waals surface area contributed by atoms with Crippen molar-refractivity contribution < 1.29 is 23.8 Å². The van der Waals surface area contributed by atoms with Gasteiger partial charge < -0.3 is 9.84 Å². The fourth-order valence-electron chi connectivity index (χ4n) is 1.69. The van der Waals surface area contributed by atoms with E-state index in [2.05, 4.69) is 5.32 Å². The van der Waals surface area contributed by atoms with Gasteiger partial charge in [0.05, 0.1) is 10.7 Å². The van der Waals surface area contributed by atoms with Gasteiger partial charge in [0.25, 0.3) is 0 Å². The van der Waals surface area contributed by atoms with E-state index in [1.807, 2.05) is 0 Å². The number of nitrogens with one attached hydrogen (secondary N) is 1. The molecule has 0 unspecified atom stereocenters. The topological polar surface area (TPSA) is 78.9 Å². The zero-order valence-corrected chi connectivity index (χ0v) is 12.7. The number of amides is 2. The third kappa shape index (κ3) is 4.33. The van der Waals surface area contributed by atoms with Crippen LogP contribution in [0.1, 0.15) is 0 Å². The van der Waals surface area contributed by atoms with Gasteiger partial charge in [0.15, 0.2) is 0 Å². The van der Waals surface area contributed by atoms with Crippen molar-refractivity contribution in [2.75, 3.05) is 17.3 Å². The van der Waals surface area contributed by atoms with Crippen molar-refractivity contribution in [2.45, 2.75) is 0 Å².